The van der Waals surface area contributed by atoms with Gasteiger partial charge in [-0.25, -0.2) is 0 Å². The molecule has 0 saturated heterocycles. The molecule has 2 nitrogen and oxygen atoms in total. The summed E-state index contributed by atoms with van der Waals surface area (Å²) < 4.78 is 0. The van der Waals surface area contributed by atoms with Crippen molar-refractivity contribution in [2.45, 2.75) is 34.6 Å². The first-order valence-electron chi connectivity index (χ1n) is 13.5. The number of rotatable bonds is 3. The highest BCUT2D eigenvalue weighted by Crippen LogP contribution is 2.28. The van der Waals surface area contributed by atoms with Gasteiger partial charge in [-0.2, -0.15) is 0 Å². The van der Waals surface area contributed by atoms with Crippen molar-refractivity contribution in [2.75, 3.05) is 0 Å². The molecule has 0 unspecified atom stereocenters. The number of hydrogen-bond acceptors (Lipinski definition) is 0. The molecule has 0 saturated carbocycles. The fraction of sp³-hybridized carbons (Fsp3) is 0.143. The van der Waals surface area contributed by atoms with Gasteiger partial charge < -0.3 is 9.97 Å². The Morgan fingerprint density at radius 1 is 0.421 bits per heavy atom. The van der Waals surface area contributed by atoms with E-state index in [2.05, 4.69) is 130 Å². The second kappa shape index (κ2) is 8.39. The van der Waals surface area contributed by atoms with E-state index < -0.39 is 0 Å². The molecule has 0 fully saturated rings. The van der Waals surface area contributed by atoms with Gasteiger partial charge in [0.05, 0.1) is 0 Å². The quantitative estimate of drug-likeness (QED) is 0.250. The van der Waals surface area contributed by atoms with Gasteiger partial charge in [-0.3, -0.25) is 0 Å². The second-order valence-corrected chi connectivity index (χ2v) is 10.9. The van der Waals surface area contributed by atoms with Crippen LogP contribution in [-0.2, 0) is 0 Å². The zero-order valence-corrected chi connectivity index (χ0v) is 22.7. The molecule has 5 aromatic carbocycles. The Labute approximate surface area is 223 Å². The van der Waals surface area contributed by atoms with E-state index in [1.54, 1.807) is 0 Å². The highest BCUT2D eigenvalue weighted by molar-refractivity contribution is 6.98. The Morgan fingerprint density at radius 2 is 0.816 bits per heavy atom. The van der Waals surface area contributed by atoms with E-state index in [0.717, 1.165) is 0 Å². The van der Waals surface area contributed by atoms with Crippen molar-refractivity contribution in [3.05, 3.63) is 113 Å². The van der Waals surface area contributed by atoms with Gasteiger partial charge in [-0.1, -0.05) is 89.4 Å². The SMILES string of the molecule is Cc1c(C)c(C)c(B(c2cccc3c2[nH]c2ccccc23)c2cccc3c2[nH]c2ccccc23)c(C)c1C. The predicted molar refractivity (Wildman–Crippen MR) is 166 cm³/mol. The summed E-state index contributed by atoms with van der Waals surface area (Å²) in [5, 5.41) is 5.11. The normalized spacial score (nSPS) is 11.8. The van der Waals surface area contributed by atoms with Crippen molar-refractivity contribution >= 4 is 66.7 Å². The van der Waals surface area contributed by atoms with Crippen LogP contribution in [0.25, 0.3) is 43.6 Å². The van der Waals surface area contributed by atoms with Gasteiger partial charge in [0.15, 0.2) is 0 Å². The van der Waals surface area contributed by atoms with Gasteiger partial charge in [0.2, 0.25) is 6.71 Å². The summed E-state index contributed by atoms with van der Waals surface area (Å²) in [6.07, 6.45) is 0. The first kappa shape index (κ1) is 22.9. The smallest absolute Gasteiger partial charge is 0.247 e. The van der Waals surface area contributed by atoms with Crippen LogP contribution in [0.2, 0.25) is 0 Å². The van der Waals surface area contributed by atoms with Crippen molar-refractivity contribution in [2.24, 2.45) is 0 Å². The first-order chi connectivity index (χ1) is 18.5. The van der Waals surface area contributed by atoms with E-state index in [0.29, 0.717) is 0 Å². The van der Waals surface area contributed by atoms with Gasteiger partial charge in [0.1, 0.15) is 0 Å². The van der Waals surface area contributed by atoms with Crippen molar-refractivity contribution in [1.82, 2.24) is 9.97 Å². The summed E-state index contributed by atoms with van der Waals surface area (Å²) in [6, 6.07) is 30.9. The lowest BCUT2D eigenvalue weighted by Gasteiger charge is -2.25. The summed E-state index contributed by atoms with van der Waals surface area (Å²) in [4.78, 5) is 7.62. The Morgan fingerprint density at radius 3 is 1.29 bits per heavy atom. The summed E-state index contributed by atoms with van der Waals surface area (Å²) >= 11 is 0. The lowest BCUT2D eigenvalue weighted by molar-refractivity contribution is 1.19. The number of fused-ring (bicyclic) bond motifs is 6. The minimum atomic E-state index is 0.0709. The van der Waals surface area contributed by atoms with Crippen LogP contribution < -0.4 is 16.4 Å². The molecule has 3 heteroatoms. The first-order valence-corrected chi connectivity index (χ1v) is 13.5. The summed E-state index contributed by atoms with van der Waals surface area (Å²) in [5.74, 6) is 0. The average Bonchev–Trinajstić information content (AvgIpc) is 3.52. The fourth-order valence-corrected chi connectivity index (χ4v) is 6.71. The molecule has 0 spiro atoms. The zero-order valence-electron chi connectivity index (χ0n) is 22.7. The minimum absolute atomic E-state index is 0.0709. The lowest BCUT2D eigenvalue weighted by Crippen LogP contribution is -2.55. The molecule has 2 N–H and O–H groups in total. The van der Waals surface area contributed by atoms with Gasteiger partial charge in [0.25, 0.3) is 0 Å². The molecular formula is C35H31BN2. The van der Waals surface area contributed by atoms with Crippen LogP contribution in [-0.4, -0.2) is 16.7 Å². The minimum Gasteiger partial charge on any atom is -0.355 e. The molecule has 0 atom stereocenters. The van der Waals surface area contributed by atoms with Gasteiger partial charge >= 0.3 is 0 Å². The maximum absolute atomic E-state index is 3.81. The lowest BCUT2D eigenvalue weighted by atomic mass is 9.34. The van der Waals surface area contributed by atoms with Crippen LogP contribution in [0.15, 0.2) is 84.9 Å². The van der Waals surface area contributed by atoms with E-state index >= 15 is 0 Å². The molecule has 0 radical (unpaired) electrons. The number of benzene rings is 5. The van der Waals surface area contributed by atoms with E-state index in [4.69, 9.17) is 0 Å². The molecule has 0 amide bonds. The third-order valence-corrected chi connectivity index (χ3v) is 9.12. The summed E-state index contributed by atoms with van der Waals surface area (Å²) in [5.41, 5.74) is 15.8. The number of nitrogens with one attached hydrogen (secondary N) is 2. The zero-order chi connectivity index (χ0) is 26.1. The van der Waals surface area contributed by atoms with Crippen molar-refractivity contribution in [3.8, 4) is 0 Å². The second-order valence-electron chi connectivity index (χ2n) is 10.9. The highest BCUT2D eigenvalue weighted by atomic mass is 14.7. The van der Waals surface area contributed by atoms with Crippen LogP contribution in [0.5, 0.6) is 0 Å². The molecule has 0 bridgehead atoms. The topological polar surface area (TPSA) is 31.6 Å². The van der Waals surface area contributed by atoms with Gasteiger partial charge in [0, 0.05) is 43.6 Å². The van der Waals surface area contributed by atoms with Crippen LogP contribution in [0.3, 0.4) is 0 Å². The Bertz CT molecular complexity index is 1900. The molecule has 0 aliphatic heterocycles. The number of hydrogen-bond donors (Lipinski definition) is 2. The molecule has 184 valence electrons. The molecule has 0 aliphatic rings. The summed E-state index contributed by atoms with van der Waals surface area (Å²) in [7, 11) is 0. The standard InChI is InChI=1S/C35H31BN2/c1-20-21(2)23(4)33(24(5)22(20)3)36(29-16-10-14-27-25-12-6-8-18-31(25)37-34(27)29)30-17-11-15-28-26-13-7-9-19-32(26)38-35(28)30/h6-19,37-38H,1-5H3. The Balaban J connectivity index is 1.65. The van der Waals surface area contributed by atoms with Crippen molar-refractivity contribution in [1.29, 1.82) is 0 Å². The molecule has 7 rings (SSSR count). The maximum Gasteiger partial charge on any atom is 0.247 e. The van der Waals surface area contributed by atoms with Crippen LogP contribution >= 0.6 is 0 Å². The van der Waals surface area contributed by atoms with Crippen LogP contribution in [0.1, 0.15) is 27.8 Å². The third kappa shape index (κ3) is 3.15. The molecule has 38 heavy (non-hydrogen) atoms. The van der Waals surface area contributed by atoms with Crippen molar-refractivity contribution in [3.63, 3.8) is 0 Å². The molecular weight excluding hydrogens is 459 g/mol. The van der Waals surface area contributed by atoms with Gasteiger partial charge in [-0.15, -0.1) is 0 Å². The van der Waals surface area contributed by atoms with Gasteiger partial charge in [-0.05, 0) is 74.4 Å². The molecule has 2 heterocycles. The third-order valence-electron chi connectivity index (χ3n) is 9.12. The van der Waals surface area contributed by atoms with Crippen molar-refractivity contribution < 1.29 is 0 Å². The molecule has 2 aromatic heterocycles. The molecule has 0 aliphatic carbocycles. The van der Waals surface area contributed by atoms with Crippen LogP contribution in [0.4, 0.5) is 0 Å². The van der Waals surface area contributed by atoms with Crippen LogP contribution in [0, 0.1) is 34.6 Å². The summed E-state index contributed by atoms with van der Waals surface area (Å²) in [6.45, 7) is 11.5. The number of H-pyrrole nitrogens is 2. The van der Waals surface area contributed by atoms with E-state index in [9.17, 15) is 0 Å². The maximum atomic E-state index is 3.81. The number of para-hydroxylation sites is 4. The predicted octanol–water partition coefficient (Wildman–Crippen LogP) is 7.01. The Hall–Kier alpha value is -4.24. The van der Waals surface area contributed by atoms with E-state index in [1.165, 1.54) is 87.8 Å². The highest BCUT2D eigenvalue weighted by Gasteiger charge is 2.31. The monoisotopic (exact) mass is 490 g/mol. The Kier molecular flexibility index (Phi) is 5.06. The number of aromatic nitrogens is 2. The fourth-order valence-electron chi connectivity index (χ4n) is 6.71. The number of aromatic amines is 2. The van der Waals surface area contributed by atoms with E-state index in [-0.39, 0.29) is 6.71 Å². The van der Waals surface area contributed by atoms with E-state index in [1.807, 2.05) is 0 Å². The average molecular weight is 490 g/mol. The molecule has 7 aromatic rings. The largest absolute Gasteiger partial charge is 0.355 e.